The topological polar surface area (TPSA) is 137 Å². The van der Waals surface area contributed by atoms with E-state index in [4.69, 9.17) is 8.83 Å². The minimum atomic E-state index is -3.61. The summed E-state index contributed by atoms with van der Waals surface area (Å²) in [4.78, 5) is 25.1. The minimum Gasteiger partial charge on any atom is -0.459 e. The zero-order chi connectivity index (χ0) is 24.4. The first-order valence-corrected chi connectivity index (χ1v) is 12.8. The Balaban J connectivity index is 1.18. The molecule has 5 heterocycles. The SMILES string of the molecule is N#Cc1nc(-c2ccco2)oc1N1CCN(C(=O)C2CCN(S(=O)(=O)c3cccnc3)CC2)CC1. The number of carbonyl (C=O) groups excluding carboxylic acids is 1. The molecule has 0 radical (unpaired) electrons. The van der Waals surface area contributed by atoms with Crippen molar-refractivity contribution in [3.63, 3.8) is 0 Å². The van der Waals surface area contributed by atoms with Crippen molar-refractivity contribution in [2.75, 3.05) is 44.2 Å². The van der Waals surface area contributed by atoms with Crippen molar-refractivity contribution in [3.05, 3.63) is 48.6 Å². The Hall–Kier alpha value is -3.69. The molecule has 1 amide bonds. The molecule has 0 aromatic carbocycles. The standard InChI is InChI=1S/C23H24N6O5S/c24-15-19-23(34-21(26-19)20-4-2-14-33-20)28-12-10-27(11-13-28)22(30)17-5-8-29(9-6-17)35(31,32)18-3-1-7-25-16-18/h1-4,7,14,16-17H,5-6,8-13H2. The molecule has 0 bridgehead atoms. The number of nitriles is 1. The molecule has 0 spiro atoms. The van der Waals surface area contributed by atoms with Crippen LogP contribution >= 0.6 is 0 Å². The van der Waals surface area contributed by atoms with Gasteiger partial charge in [0.1, 0.15) is 11.0 Å². The summed E-state index contributed by atoms with van der Waals surface area (Å²) in [5.74, 6) is 0.885. The van der Waals surface area contributed by atoms with Crippen molar-refractivity contribution in [1.82, 2.24) is 19.2 Å². The van der Waals surface area contributed by atoms with Gasteiger partial charge >= 0.3 is 0 Å². The molecule has 35 heavy (non-hydrogen) atoms. The van der Waals surface area contributed by atoms with Crippen molar-refractivity contribution in [3.8, 4) is 17.7 Å². The second-order valence-electron chi connectivity index (χ2n) is 8.44. The van der Waals surface area contributed by atoms with Crippen LogP contribution in [-0.4, -0.2) is 72.8 Å². The predicted octanol–water partition coefficient (Wildman–Crippen LogP) is 1.95. The highest BCUT2D eigenvalue weighted by molar-refractivity contribution is 7.89. The van der Waals surface area contributed by atoms with Gasteiger partial charge in [0.25, 0.3) is 5.89 Å². The molecule has 0 atom stereocenters. The summed E-state index contributed by atoms with van der Waals surface area (Å²) in [5.41, 5.74) is 0.179. The first kappa shape index (κ1) is 23.1. The van der Waals surface area contributed by atoms with E-state index < -0.39 is 10.0 Å². The number of pyridine rings is 1. The molecular formula is C23H24N6O5S. The first-order valence-electron chi connectivity index (χ1n) is 11.4. The summed E-state index contributed by atoms with van der Waals surface area (Å²) in [6, 6.07) is 8.62. The van der Waals surface area contributed by atoms with E-state index in [2.05, 4.69) is 16.0 Å². The second kappa shape index (κ2) is 9.52. The third kappa shape index (κ3) is 4.52. The molecule has 11 nitrogen and oxygen atoms in total. The number of hydrogen-bond acceptors (Lipinski definition) is 9. The normalized spacial score (nSPS) is 17.9. The smallest absolute Gasteiger partial charge is 0.266 e. The van der Waals surface area contributed by atoms with E-state index in [0.717, 1.165) is 0 Å². The van der Waals surface area contributed by atoms with Crippen LogP contribution in [0.5, 0.6) is 0 Å². The second-order valence-corrected chi connectivity index (χ2v) is 10.4. The maximum absolute atomic E-state index is 13.1. The number of oxazole rings is 1. The molecule has 2 saturated heterocycles. The molecule has 0 aliphatic carbocycles. The van der Waals surface area contributed by atoms with E-state index in [-0.39, 0.29) is 28.3 Å². The van der Waals surface area contributed by atoms with Gasteiger partial charge in [0.15, 0.2) is 5.76 Å². The molecule has 0 N–H and O–H groups in total. The summed E-state index contributed by atoms with van der Waals surface area (Å²) in [5, 5.41) is 9.48. The molecule has 2 fully saturated rings. The predicted molar refractivity (Wildman–Crippen MR) is 123 cm³/mol. The van der Waals surface area contributed by atoms with Gasteiger partial charge in [-0.05, 0) is 37.1 Å². The number of nitrogens with zero attached hydrogens (tertiary/aromatic N) is 6. The van der Waals surface area contributed by atoms with Gasteiger partial charge in [-0.15, -0.1) is 0 Å². The zero-order valence-electron chi connectivity index (χ0n) is 18.9. The van der Waals surface area contributed by atoms with Gasteiger partial charge < -0.3 is 18.6 Å². The average Bonchev–Trinajstić information content (AvgIpc) is 3.59. The van der Waals surface area contributed by atoms with Crippen molar-refractivity contribution in [2.45, 2.75) is 17.7 Å². The molecule has 12 heteroatoms. The Labute approximate surface area is 202 Å². The van der Waals surface area contributed by atoms with Crippen LogP contribution in [0, 0.1) is 17.2 Å². The summed E-state index contributed by atoms with van der Waals surface area (Å²) in [7, 11) is -3.61. The molecule has 182 valence electrons. The molecule has 3 aromatic heterocycles. The van der Waals surface area contributed by atoms with Crippen LogP contribution in [0.25, 0.3) is 11.7 Å². The third-order valence-electron chi connectivity index (χ3n) is 6.40. The van der Waals surface area contributed by atoms with Crippen molar-refractivity contribution in [2.24, 2.45) is 5.92 Å². The average molecular weight is 497 g/mol. The summed E-state index contributed by atoms with van der Waals surface area (Å²) >= 11 is 0. The Morgan fingerprint density at radius 1 is 1.09 bits per heavy atom. The van der Waals surface area contributed by atoms with E-state index in [9.17, 15) is 18.5 Å². The lowest BCUT2D eigenvalue weighted by Gasteiger charge is -2.38. The number of rotatable bonds is 5. The number of sulfonamides is 1. The highest BCUT2D eigenvalue weighted by Crippen LogP contribution is 2.30. The molecule has 0 unspecified atom stereocenters. The van der Waals surface area contributed by atoms with Gasteiger partial charge in [-0.2, -0.15) is 14.6 Å². The lowest BCUT2D eigenvalue weighted by Crippen LogP contribution is -2.52. The first-order chi connectivity index (χ1) is 17.0. The fourth-order valence-electron chi connectivity index (χ4n) is 4.48. The molecule has 3 aromatic rings. The lowest BCUT2D eigenvalue weighted by molar-refractivity contribution is -0.137. The number of anilines is 1. The van der Waals surface area contributed by atoms with Gasteiger partial charge in [-0.1, -0.05) is 0 Å². The number of piperazine rings is 1. The fourth-order valence-corrected chi connectivity index (χ4v) is 5.92. The van der Waals surface area contributed by atoms with Crippen molar-refractivity contribution in [1.29, 1.82) is 5.26 Å². The summed E-state index contributed by atoms with van der Waals surface area (Å²) in [6.07, 6.45) is 5.34. The Morgan fingerprint density at radius 2 is 1.86 bits per heavy atom. The van der Waals surface area contributed by atoms with Crippen LogP contribution in [0.15, 0.2) is 56.7 Å². The highest BCUT2D eigenvalue weighted by atomic mass is 32.2. The van der Waals surface area contributed by atoms with E-state index >= 15 is 0 Å². The van der Waals surface area contributed by atoms with Crippen LogP contribution in [0.3, 0.4) is 0 Å². The number of hydrogen-bond donors (Lipinski definition) is 0. The molecule has 2 aliphatic heterocycles. The number of amides is 1. The minimum absolute atomic E-state index is 0.0393. The number of carbonyl (C=O) groups is 1. The fraction of sp³-hybridized carbons (Fsp3) is 0.391. The number of piperidine rings is 1. The maximum Gasteiger partial charge on any atom is 0.266 e. The monoisotopic (exact) mass is 496 g/mol. The summed E-state index contributed by atoms with van der Waals surface area (Å²) < 4.78 is 38.2. The van der Waals surface area contributed by atoms with Crippen LogP contribution < -0.4 is 4.90 Å². The zero-order valence-corrected chi connectivity index (χ0v) is 19.7. The highest BCUT2D eigenvalue weighted by Gasteiger charge is 2.35. The third-order valence-corrected chi connectivity index (χ3v) is 8.28. The van der Waals surface area contributed by atoms with Gasteiger partial charge in [0.05, 0.1) is 6.26 Å². The Morgan fingerprint density at radius 3 is 2.49 bits per heavy atom. The van der Waals surface area contributed by atoms with Crippen LogP contribution in [-0.2, 0) is 14.8 Å². The van der Waals surface area contributed by atoms with Gasteiger partial charge in [-0.3, -0.25) is 9.78 Å². The van der Waals surface area contributed by atoms with E-state index in [1.54, 1.807) is 18.2 Å². The molecular weight excluding hydrogens is 472 g/mol. The number of aromatic nitrogens is 2. The lowest BCUT2D eigenvalue weighted by atomic mass is 9.96. The Kier molecular flexibility index (Phi) is 6.27. The van der Waals surface area contributed by atoms with Gasteiger partial charge in [0.2, 0.25) is 27.5 Å². The maximum atomic E-state index is 13.1. The van der Waals surface area contributed by atoms with Crippen LogP contribution in [0.2, 0.25) is 0 Å². The number of furan rings is 1. The molecule has 0 saturated carbocycles. The van der Waals surface area contributed by atoms with Crippen molar-refractivity contribution >= 4 is 21.8 Å². The molecule has 2 aliphatic rings. The largest absolute Gasteiger partial charge is 0.459 e. The Bertz CT molecular complexity index is 1320. The van der Waals surface area contributed by atoms with Gasteiger partial charge in [-0.25, -0.2) is 8.42 Å². The van der Waals surface area contributed by atoms with Crippen LogP contribution in [0.1, 0.15) is 18.5 Å². The van der Waals surface area contributed by atoms with Crippen molar-refractivity contribution < 1.29 is 22.0 Å². The van der Waals surface area contributed by atoms with E-state index in [0.29, 0.717) is 63.8 Å². The van der Waals surface area contributed by atoms with Gasteiger partial charge in [0, 0.05) is 57.6 Å². The van der Waals surface area contributed by atoms with E-state index in [1.807, 2.05) is 9.80 Å². The summed E-state index contributed by atoms with van der Waals surface area (Å²) in [6.45, 7) is 2.56. The van der Waals surface area contributed by atoms with E-state index in [1.165, 1.54) is 29.0 Å². The molecule has 5 rings (SSSR count). The quantitative estimate of drug-likeness (QED) is 0.519. The van der Waals surface area contributed by atoms with Crippen LogP contribution in [0.4, 0.5) is 5.88 Å².